The average Bonchev–Trinajstić information content (AvgIpc) is 2.78. The highest BCUT2D eigenvalue weighted by Crippen LogP contribution is 2.21. The van der Waals surface area contributed by atoms with E-state index in [4.69, 9.17) is 4.74 Å². The molecule has 1 aliphatic rings. The van der Waals surface area contributed by atoms with E-state index in [1.54, 1.807) is 13.2 Å². The van der Waals surface area contributed by atoms with Gasteiger partial charge in [0.1, 0.15) is 11.8 Å². The van der Waals surface area contributed by atoms with E-state index < -0.39 is 6.04 Å². The summed E-state index contributed by atoms with van der Waals surface area (Å²) in [7, 11) is 1.66. The second-order valence-electron chi connectivity index (χ2n) is 8.48. The molecule has 0 aromatic heterocycles. The number of nitrogens with zero attached hydrogens (tertiary/aromatic N) is 2. The first-order valence-electron chi connectivity index (χ1n) is 10.9. The van der Waals surface area contributed by atoms with Crippen LogP contribution in [0.25, 0.3) is 0 Å². The van der Waals surface area contributed by atoms with Crippen LogP contribution in [0.3, 0.4) is 0 Å². The number of carbonyl (C=O) groups excluding carboxylic acids is 2. The van der Waals surface area contributed by atoms with Crippen molar-refractivity contribution < 1.29 is 14.3 Å². The van der Waals surface area contributed by atoms with E-state index in [-0.39, 0.29) is 11.8 Å². The number of piperazine rings is 1. The smallest absolute Gasteiger partial charge is 0.252 e. The Labute approximate surface area is 185 Å². The third kappa shape index (κ3) is 5.78. The lowest BCUT2D eigenvalue weighted by Crippen LogP contribution is -2.55. The van der Waals surface area contributed by atoms with E-state index in [1.165, 1.54) is 0 Å². The minimum atomic E-state index is -0.514. The molecule has 1 fully saturated rings. The summed E-state index contributed by atoms with van der Waals surface area (Å²) in [6.07, 6.45) is 0.620. The van der Waals surface area contributed by atoms with Crippen LogP contribution < -0.4 is 15.0 Å². The van der Waals surface area contributed by atoms with Crippen LogP contribution in [-0.2, 0) is 4.79 Å². The van der Waals surface area contributed by atoms with Crippen LogP contribution in [0.15, 0.2) is 48.5 Å². The highest BCUT2D eigenvalue weighted by molar-refractivity contribution is 5.98. The monoisotopic (exact) mass is 423 g/mol. The molecule has 0 radical (unpaired) electrons. The number of methoxy groups -OCH3 is 1. The van der Waals surface area contributed by atoms with Gasteiger partial charge in [-0.3, -0.25) is 9.59 Å². The number of benzene rings is 2. The molecule has 1 N–H and O–H groups in total. The van der Waals surface area contributed by atoms with Crippen molar-refractivity contribution in [3.63, 3.8) is 0 Å². The number of nitrogens with one attached hydrogen (secondary N) is 1. The van der Waals surface area contributed by atoms with Crippen molar-refractivity contribution in [2.75, 3.05) is 38.2 Å². The molecule has 2 aromatic carbocycles. The topological polar surface area (TPSA) is 61.9 Å². The zero-order valence-electron chi connectivity index (χ0n) is 18.9. The second kappa shape index (κ2) is 10.3. The van der Waals surface area contributed by atoms with Crippen LogP contribution in [0.1, 0.15) is 36.2 Å². The van der Waals surface area contributed by atoms with E-state index >= 15 is 0 Å². The highest BCUT2D eigenvalue weighted by atomic mass is 16.5. The summed E-state index contributed by atoms with van der Waals surface area (Å²) >= 11 is 0. The summed E-state index contributed by atoms with van der Waals surface area (Å²) in [5, 5.41) is 3.00. The number of ether oxygens (including phenoxy) is 1. The quantitative estimate of drug-likeness (QED) is 0.741. The van der Waals surface area contributed by atoms with E-state index in [2.05, 4.69) is 24.1 Å². The van der Waals surface area contributed by atoms with Gasteiger partial charge < -0.3 is 19.9 Å². The molecular weight excluding hydrogens is 390 g/mol. The summed E-state index contributed by atoms with van der Waals surface area (Å²) in [5.41, 5.74) is 2.65. The molecule has 6 nitrogen and oxygen atoms in total. The molecule has 0 spiro atoms. The maximum Gasteiger partial charge on any atom is 0.252 e. The van der Waals surface area contributed by atoms with Crippen LogP contribution in [0.2, 0.25) is 0 Å². The first-order valence-corrected chi connectivity index (χ1v) is 10.9. The van der Waals surface area contributed by atoms with Crippen molar-refractivity contribution in [3.8, 4) is 5.75 Å². The number of anilines is 1. The molecule has 1 atom stereocenters. The third-order valence-electron chi connectivity index (χ3n) is 5.73. The van der Waals surface area contributed by atoms with Crippen LogP contribution in [0.5, 0.6) is 5.75 Å². The number of rotatable bonds is 7. The normalized spacial score (nSPS) is 15.0. The predicted molar refractivity (Wildman–Crippen MR) is 124 cm³/mol. The molecule has 0 aliphatic carbocycles. The molecular formula is C25H33N3O3. The minimum absolute atomic E-state index is 0.00464. The van der Waals surface area contributed by atoms with Crippen molar-refractivity contribution in [2.24, 2.45) is 5.92 Å². The molecule has 3 rings (SSSR count). The Morgan fingerprint density at radius 1 is 1.00 bits per heavy atom. The summed E-state index contributed by atoms with van der Waals surface area (Å²) in [4.78, 5) is 30.3. The maximum absolute atomic E-state index is 13.3. The first kappa shape index (κ1) is 22.7. The van der Waals surface area contributed by atoms with Crippen molar-refractivity contribution in [1.29, 1.82) is 0 Å². The Bertz CT molecular complexity index is 887. The number of aryl methyl sites for hydroxylation is 1. The second-order valence-corrected chi connectivity index (χ2v) is 8.48. The van der Waals surface area contributed by atoms with Gasteiger partial charge >= 0.3 is 0 Å². The molecule has 6 heteroatoms. The Morgan fingerprint density at radius 3 is 2.23 bits per heavy atom. The van der Waals surface area contributed by atoms with Gasteiger partial charge in [0.25, 0.3) is 5.91 Å². The van der Waals surface area contributed by atoms with Crippen molar-refractivity contribution >= 4 is 17.5 Å². The fraction of sp³-hybridized carbons (Fsp3) is 0.440. The molecule has 2 aromatic rings. The lowest BCUT2D eigenvalue weighted by molar-refractivity contribution is -0.134. The van der Waals surface area contributed by atoms with Gasteiger partial charge in [0.2, 0.25) is 5.91 Å². The number of hydrogen-bond donors (Lipinski definition) is 1. The first-order chi connectivity index (χ1) is 14.9. The Hall–Kier alpha value is -3.02. The van der Waals surface area contributed by atoms with Gasteiger partial charge in [0.15, 0.2) is 0 Å². The lowest BCUT2D eigenvalue weighted by Gasteiger charge is -2.38. The number of carbonyl (C=O) groups is 2. The van der Waals surface area contributed by atoms with Crippen LogP contribution in [0, 0.1) is 12.8 Å². The van der Waals surface area contributed by atoms with Gasteiger partial charge in [-0.1, -0.05) is 32.0 Å². The third-order valence-corrected chi connectivity index (χ3v) is 5.73. The van der Waals surface area contributed by atoms with Gasteiger partial charge in [0, 0.05) is 37.4 Å². The zero-order valence-corrected chi connectivity index (χ0v) is 18.9. The fourth-order valence-electron chi connectivity index (χ4n) is 3.96. The molecule has 1 aliphatic heterocycles. The van der Waals surface area contributed by atoms with Crippen LogP contribution >= 0.6 is 0 Å². The Morgan fingerprint density at radius 2 is 1.65 bits per heavy atom. The van der Waals surface area contributed by atoms with Gasteiger partial charge in [0.05, 0.1) is 7.11 Å². The molecule has 1 unspecified atom stereocenters. The summed E-state index contributed by atoms with van der Waals surface area (Å²) in [6.45, 7) is 8.85. The Kier molecular flexibility index (Phi) is 7.55. The largest absolute Gasteiger partial charge is 0.497 e. The number of hydrogen-bond acceptors (Lipinski definition) is 4. The van der Waals surface area contributed by atoms with E-state index in [0.717, 1.165) is 30.1 Å². The zero-order chi connectivity index (χ0) is 22.4. The van der Waals surface area contributed by atoms with E-state index in [0.29, 0.717) is 31.0 Å². The van der Waals surface area contributed by atoms with E-state index in [1.807, 2.05) is 54.3 Å². The molecule has 0 saturated carbocycles. The van der Waals surface area contributed by atoms with Gasteiger partial charge in [-0.25, -0.2) is 0 Å². The average molecular weight is 424 g/mol. The predicted octanol–water partition coefficient (Wildman–Crippen LogP) is 3.50. The summed E-state index contributed by atoms with van der Waals surface area (Å²) < 4.78 is 5.23. The SMILES string of the molecule is COc1ccc(N2CCN(C(=O)C(CC(C)C)NC(=O)c3ccccc3C)CC2)cc1. The fourth-order valence-corrected chi connectivity index (χ4v) is 3.96. The molecule has 1 heterocycles. The number of amides is 2. The van der Waals surface area contributed by atoms with Gasteiger partial charge in [-0.2, -0.15) is 0 Å². The Balaban J connectivity index is 1.63. The van der Waals surface area contributed by atoms with Crippen LogP contribution in [-0.4, -0.2) is 56.0 Å². The molecule has 166 valence electrons. The van der Waals surface area contributed by atoms with Gasteiger partial charge in [-0.05, 0) is 55.2 Å². The van der Waals surface area contributed by atoms with Crippen LogP contribution in [0.4, 0.5) is 5.69 Å². The highest BCUT2D eigenvalue weighted by Gasteiger charge is 2.29. The van der Waals surface area contributed by atoms with Gasteiger partial charge in [-0.15, -0.1) is 0 Å². The minimum Gasteiger partial charge on any atom is -0.497 e. The summed E-state index contributed by atoms with van der Waals surface area (Å²) in [5.74, 6) is 0.948. The molecule has 2 amide bonds. The van der Waals surface area contributed by atoms with Crippen molar-refractivity contribution in [2.45, 2.75) is 33.2 Å². The molecule has 0 bridgehead atoms. The molecule has 31 heavy (non-hydrogen) atoms. The van der Waals surface area contributed by atoms with E-state index in [9.17, 15) is 9.59 Å². The van der Waals surface area contributed by atoms with Crippen molar-refractivity contribution in [1.82, 2.24) is 10.2 Å². The van der Waals surface area contributed by atoms with Crippen molar-refractivity contribution in [3.05, 3.63) is 59.7 Å². The maximum atomic E-state index is 13.3. The lowest BCUT2D eigenvalue weighted by atomic mass is 10.0. The summed E-state index contributed by atoms with van der Waals surface area (Å²) in [6, 6.07) is 14.9. The molecule has 1 saturated heterocycles. The standard InChI is InChI=1S/C25H33N3O3/c1-18(2)17-23(26-24(29)22-8-6-5-7-19(22)3)25(30)28-15-13-27(14-16-28)20-9-11-21(31-4)12-10-20/h5-12,18,23H,13-17H2,1-4H3,(H,26,29).